The van der Waals surface area contributed by atoms with E-state index >= 15 is 0 Å². The highest BCUT2D eigenvalue weighted by Gasteiger charge is 2.34. The number of rotatable bonds is 0. The minimum Gasteiger partial charge on any atom is -0.391 e. The van der Waals surface area contributed by atoms with E-state index in [9.17, 15) is 9.90 Å². The summed E-state index contributed by atoms with van der Waals surface area (Å²) in [5.41, 5.74) is -0.0783. The molecule has 0 aromatic carbocycles. The molecule has 0 aromatic heterocycles. The monoisotopic (exact) mass is 171 g/mol. The summed E-state index contributed by atoms with van der Waals surface area (Å²) in [6, 6.07) is 0. The number of hydrogen-bond acceptors (Lipinski definition) is 2. The van der Waals surface area contributed by atoms with Gasteiger partial charge in [-0.05, 0) is 26.7 Å². The van der Waals surface area contributed by atoms with Gasteiger partial charge in [-0.1, -0.05) is 0 Å². The Morgan fingerprint density at radius 2 is 2.17 bits per heavy atom. The molecule has 3 heteroatoms. The van der Waals surface area contributed by atoms with Crippen molar-refractivity contribution in [2.24, 2.45) is 0 Å². The zero-order valence-electron chi connectivity index (χ0n) is 8.00. The summed E-state index contributed by atoms with van der Waals surface area (Å²) in [7, 11) is 0. The van der Waals surface area contributed by atoms with Gasteiger partial charge < -0.3 is 10.0 Å². The Labute approximate surface area is 73.4 Å². The van der Waals surface area contributed by atoms with Crippen molar-refractivity contribution < 1.29 is 9.90 Å². The maximum atomic E-state index is 11.2. The largest absolute Gasteiger partial charge is 0.391 e. The molecule has 1 atom stereocenters. The first-order chi connectivity index (χ1) is 5.43. The highest BCUT2D eigenvalue weighted by Crippen LogP contribution is 2.27. The zero-order valence-corrected chi connectivity index (χ0v) is 8.00. The number of β-amino-alcohol motifs (C(OH)–C–C–N with tert-alkyl or cyclic N) is 1. The molecule has 1 aliphatic rings. The summed E-state index contributed by atoms with van der Waals surface area (Å²) >= 11 is 0. The molecule has 1 aliphatic heterocycles. The SMILES string of the molecule is CC(=O)N1CC(O)CCC1(C)C. The molecule has 1 rings (SSSR count). The number of aliphatic hydroxyl groups excluding tert-OH is 1. The topological polar surface area (TPSA) is 40.5 Å². The molecule has 1 fully saturated rings. The molecule has 0 aromatic rings. The van der Waals surface area contributed by atoms with E-state index in [4.69, 9.17) is 0 Å². The molecule has 1 unspecified atom stereocenters. The summed E-state index contributed by atoms with van der Waals surface area (Å²) < 4.78 is 0. The molecule has 0 aliphatic carbocycles. The minimum atomic E-state index is -0.332. The summed E-state index contributed by atoms with van der Waals surface area (Å²) in [6.45, 7) is 6.13. The highest BCUT2D eigenvalue weighted by atomic mass is 16.3. The van der Waals surface area contributed by atoms with Crippen LogP contribution in [-0.2, 0) is 4.79 Å². The van der Waals surface area contributed by atoms with E-state index in [-0.39, 0.29) is 17.6 Å². The van der Waals surface area contributed by atoms with Gasteiger partial charge in [-0.25, -0.2) is 0 Å². The average molecular weight is 171 g/mol. The number of piperidine rings is 1. The van der Waals surface area contributed by atoms with Crippen molar-refractivity contribution in [3.8, 4) is 0 Å². The van der Waals surface area contributed by atoms with Gasteiger partial charge in [0.25, 0.3) is 0 Å². The Morgan fingerprint density at radius 3 is 2.58 bits per heavy atom. The fraction of sp³-hybridized carbons (Fsp3) is 0.889. The van der Waals surface area contributed by atoms with Gasteiger partial charge in [-0.15, -0.1) is 0 Å². The van der Waals surface area contributed by atoms with Crippen molar-refractivity contribution >= 4 is 5.91 Å². The zero-order chi connectivity index (χ0) is 9.35. The summed E-state index contributed by atoms with van der Waals surface area (Å²) in [5.74, 6) is 0.0544. The molecule has 1 saturated heterocycles. The van der Waals surface area contributed by atoms with Crippen molar-refractivity contribution in [3.63, 3.8) is 0 Å². The van der Waals surface area contributed by atoms with Crippen LogP contribution in [0.2, 0.25) is 0 Å². The van der Waals surface area contributed by atoms with Crippen LogP contribution in [0.5, 0.6) is 0 Å². The lowest BCUT2D eigenvalue weighted by molar-refractivity contribution is -0.139. The van der Waals surface area contributed by atoms with Gasteiger partial charge in [0.1, 0.15) is 0 Å². The molecule has 0 radical (unpaired) electrons. The Morgan fingerprint density at radius 1 is 1.58 bits per heavy atom. The minimum absolute atomic E-state index is 0.0544. The third-order valence-corrected chi connectivity index (χ3v) is 2.59. The predicted octanol–water partition coefficient (Wildman–Crippen LogP) is 0.768. The molecule has 12 heavy (non-hydrogen) atoms. The second-order valence-corrected chi connectivity index (χ2v) is 4.13. The quantitative estimate of drug-likeness (QED) is 0.584. The number of carbonyl (C=O) groups excluding carboxylic acids is 1. The lowest BCUT2D eigenvalue weighted by Crippen LogP contribution is -2.53. The maximum Gasteiger partial charge on any atom is 0.219 e. The summed E-state index contributed by atoms with van der Waals surface area (Å²) in [5, 5.41) is 9.37. The van der Waals surface area contributed by atoms with Crippen molar-refractivity contribution in [2.75, 3.05) is 6.54 Å². The second kappa shape index (κ2) is 3.05. The van der Waals surface area contributed by atoms with Crippen LogP contribution in [0.15, 0.2) is 0 Å². The van der Waals surface area contributed by atoms with E-state index in [1.807, 2.05) is 13.8 Å². The smallest absolute Gasteiger partial charge is 0.219 e. The van der Waals surface area contributed by atoms with E-state index in [0.29, 0.717) is 6.54 Å². The Balaban J connectivity index is 2.72. The Hall–Kier alpha value is -0.570. The number of likely N-dealkylation sites (tertiary alicyclic amines) is 1. The number of hydrogen-bond donors (Lipinski definition) is 1. The number of nitrogens with zero attached hydrogens (tertiary/aromatic N) is 1. The van der Waals surface area contributed by atoms with Crippen LogP contribution in [0.3, 0.4) is 0 Å². The number of aliphatic hydroxyl groups is 1. The standard InChI is InChI=1S/C9H17NO2/c1-7(11)10-6-8(12)4-5-9(10,2)3/h8,12H,4-6H2,1-3H3. The molecule has 1 amide bonds. The third-order valence-electron chi connectivity index (χ3n) is 2.59. The normalized spacial score (nSPS) is 28.7. The molecular formula is C9H17NO2. The first kappa shape index (κ1) is 9.52. The maximum absolute atomic E-state index is 11.2. The van der Waals surface area contributed by atoms with Crippen molar-refractivity contribution in [1.82, 2.24) is 4.90 Å². The average Bonchev–Trinajstić information content (AvgIpc) is 1.94. The van der Waals surface area contributed by atoms with Gasteiger partial charge in [-0.2, -0.15) is 0 Å². The molecule has 1 heterocycles. The van der Waals surface area contributed by atoms with Crippen LogP contribution in [0.1, 0.15) is 33.6 Å². The fourth-order valence-corrected chi connectivity index (χ4v) is 1.76. The van der Waals surface area contributed by atoms with E-state index in [1.165, 1.54) is 0 Å². The van der Waals surface area contributed by atoms with Crippen molar-refractivity contribution in [2.45, 2.75) is 45.3 Å². The van der Waals surface area contributed by atoms with Crippen LogP contribution in [0.25, 0.3) is 0 Å². The summed E-state index contributed by atoms with van der Waals surface area (Å²) in [4.78, 5) is 12.9. The Kier molecular flexibility index (Phi) is 2.42. The van der Waals surface area contributed by atoms with Gasteiger partial charge in [0.15, 0.2) is 0 Å². The third kappa shape index (κ3) is 1.78. The van der Waals surface area contributed by atoms with Crippen molar-refractivity contribution in [3.05, 3.63) is 0 Å². The molecule has 0 spiro atoms. The molecule has 70 valence electrons. The van der Waals surface area contributed by atoms with Gasteiger partial charge >= 0.3 is 0 Å². The Bertz CT molecular complexity index is 189. The molecule has 1 N–H and O–H groups in total. The van der Waals surface area contributed by atoms with E-state index in [0.717, 1.165) is 12.8 Å². The lowest BCUT2D eigenvalue weighted by atomic mass is 9.89. The molecular weight excluding hydrogens is 154 g/mol. The van der Waals surface area contributed by atoms with Crippen LogP contribution in [-0.4, -0.2) is 34.1 Å². The van der Waals surface area contributed by atoms with Gasteiger partial charge in [0.2, 0.25) is 5.91 Å². The number of carbonyl (C=O) groups is 1. The molecule has 0 bridgehead atoms. The van der Waals surface area contributed by atoms with Crippen LogP contribution < -0.4 is 0 Å². The van der Waals surface area contributed by atoms with Crippen LogP contribution >= 0.6 is 0 Å². The lowest BCUT2D eigenvalue weighted by Gasteiger charge is -2.43. The van der Waals surface area contributed by atoms with E-state index < -0.39 is 0 Å². The van der Waals surface area contributed by atoms with Crippen LogP contribution in [0.4, 0.5) is 0 Å². The van der Waals surface area contributed by atoms with Gasteiger partial charge in [0.05, 0.1) is 6.10 Å². The fourth-order valence-electron chi connectivity index (χ4n) is 1.76. The second-order valence-electron chi connectivity index (χ2n) is 4.13. The van der Waals surface area contributed by atoms with Gasteiger partial charge in [0, 0.05) is 19.0 Å². The first-order valence-corrected chi connectivity index (χ1v) is 4.40. The van der Waals surface area contributed by atoms with Crippen molar-refractivity contribution in [1.29, 1.82) is 0 Å². The van der Waals surface area contributed by atoms with Crippen LogP contribution in [0, 0.1) is 0 Å². The van der Waals surface area contributed by atoms with Gasteiger partial charge in [-0.3, -0.25) is 4.79 Å². The molecule has 0 saturated carbocycles. The summed E-state index contributed by atoms with van der Waals surface area (Å²) in [6.07, 6.45) is 1.35. The molecule has 3 nitrogen and oxygen atoms in total. The first-order valence-electron chi connectivity index (χ1n) is 4.40. The predicted molar refractivity (Wildman–Crippen MR) is 46.7 cm³/mol. The van der Waals surface area contributed by atoms with E-state index in [1.54, 1.807) is 11.8 Å². The highest BCUT2D eigenvalue weighted by molar-refractivity contribution is 5.74. The number of amides is 1. The van der Waals surface area contributed by atoms with E-state index in [2.05, 4.69) is 0 Å².